The Morgan fingerprint density at radius 2 is 1.97 bits per heavy atom. The third-order valence-corrected chi connectivity index (χ3v) is 5.78. The SMILES string of the molecule is COc1ccc(C)cc1/C=C/C1CCN(Cc2cccnc2OC)C2(C1)OC(=O)C(=O)O2. The number of hydrogen-bond acceptors (Lipinski definition) is 8. The molecule has 0 radical (unpaired) electrons. The zero-order valence-electron chi connectivity index (χ0n) is 18.4. The molecule has 1 aromatic heterocycles. The van der Waals surface area contributed by atoms with Gasteiger partial charge in [0.25, 0.3) is 0 Å². The molecule has 1 atom stereocenters. The first-order valence-electron chi connectivity index (χ1n) is 10.5. The van der Waals surface area contributed by atoms with E-state index < -0.39 is 17.8 Å². The number of allylic oxidation sites excluding steroid dienone is 1. The topological polar surface area (TPSA) is 87.2 Å². The molecule has 0 bridgehead atoms. The van der Waals surface area contributed by atoms with E-state index in [-0.39, 0.29) is 5.92 Å². The van der Waals surface area contributed by atoms with Crippen LogP contribution in [0.3, 0.4) is 0 Å². The summed E-state index contributed by atoms with van der Waals surface area (Å²) in [4.78, 5) is 30.0. The molecule has 32 heavy (non-hydrogen) atoms. The van der Waals surface area contributed by atoms with Crippen LogP contribution in [-0.2, 0) is 25.6 Å². The minimum atomic E-state index is -1.45. The average Bonchev–Trinajstić information content (AvgIpc) is 3.07. The van der Waals surface area contributed by atoms with Crippen molar-refractivity contribution in [2.45, 2.75) is 32.2 Å². The summed E-state index contributed by atoms with van der Waals surface area (Å²) in [6.45, 7) is 2.94. The van der Waals surface area contributed by atoms with E-state index in [1.807, 2.05) is 48.2 Å². The van der Waals surface area contributed by atoms with Crippen molar-refractivity contribution in [1.82, 2.24) is 9.88 Å². The van der Waals surface area contributed by atoms with Gasteiger partial charge in [-0.3, -0.25) is 0 Å². The first-order valence-corrected chi connectivity index (χ1v) is 10.5. The van der Waals surface area contributed by atoms with Crippen LogP contribution in [0.15, 0.2) is 42.6 Å². The molecule has 0 aliphatic carbocycles. The van der Waals surface area contributed by atoms with E-state index >= 15 is 0 Å². The van der Waals surface area contributed by atoms with E-state index in [2.05, 4.69) is 11.1 Å². The maximum atomic E-state index is 12.0. The van der Waals surface area contributed by atoms with Crippen molar-refractivity contribution in [3.63, 3.8) is 0 Å². The number of aromatic nitrogens is 1. The number of esters is 2. The summed E-state index contributed by atoms with van der Waals surface area (Å²) in [5.74, 6) is -2.10. The Hall–Kier alpha value is -3.39. The highest BCUT2D eigenvalue weighted by atomic mass is 16.8. The molecule has 2 aromatic rings. The second-order valence-corrected chi connectivity index (χ2v) is 7.94. The minimum absolute atomic E-state index is 0.0333. The fourth-order valence-corrected chi connectivity index (χ4v) is 4.18. The number of hydrogen-bond donors (Lipinski definition) is 0. The lowest BCUT2D eigenvalue weighted by Crippen LogP contribution is -2.54. The normalized spacial score (nSPS) is 20.4. The average molecular weight is 438 g/mol. The Kier molecular flexibility index (Phi) is 6.14. The van der Waals surface area contributed by atoms with E-state index in [4.69, 9.17) is 18.9 Å². The van der Waals surface area contributed by atoms with Gasteiger partial charge in [0.05, 0.1) is 14.2 Å². The summed E-state index contributed by atoms with van der Waals surface area (Å²) >= 11 is 0. The van der Waals surface area contributed by atoms with Gasteiger partial charge in [0, 0.05) is 36.8 Å². The zero-order chi connectivity index (χ0) is 22.7. The fraction of sp³-hybridized carbons (Fsp3) is 0.375. The lowest BCUT2D eigenvalue weighted by molar-refractivity contribution is -0.271. The van der Waals surface area contributed by atoms with Gasteiger partial charge in [0.1, 0.15) is 5.75 Å². The number of carbonyl (C=O) groups is 2. The molecule has 8 nitrogen and oxygen atoms in total. The van der Waals surface area contributed by atoms with Crippen LogP contribution in [0.25, 0.3) is 6.08 Å². The number of benzene rings is 1. The lowest BCUT2D eigenvalue weighted by Gasteiger charge is -2.42. The standard InChI is InChI=1S/C24H26N2O6/c1-16-6-9-20(29-2)18(13-16)8-7-17-10-12-26(15-19-5-4-11-25-21(19)30-3)24(14-17)31-22(27)23(28)32-24/h4-9,11,13,17H,10,12,14-15H2,1-3H3/b8-7+. The quantitative estimate of drug-likeness (QED) is 0.502. The maximum absolute atomic E-state index is 12.0. The monoisotopic (exact) mass is 438 g/mol. The summed E-state index contributed by atoms with van der Waals surface area (Å²) in [6.07, 6.45) is 6.83. The van der Waals surface area contributed by atoms with Gasteiger partial charge < -0.3 is 18.9 Å². The Morgan fingerprint density at radius 3 is 2.69 bits per heavy atom. The molecule has 2 aliphatic rings. The Balaban J connectivity index is 1.57. The molecule has 1 aromatic carbocycles. The molecule has 4 rings (SSSR count). The van der Waals surface area contributed by atoms with Gasteiger partial charge >= 0.3 is 17.8 Å². The van der Waals surface area contributed by atoms with Gasteiger partial charge in [-0.15, -0.1) is 0 Å². The predicted molar refractivity (Wildman–Crippen MR) is 116 cm³/mol. The number of nitrogens with zero attached hydrogens (tertiary/aromatic N) is 2. The first kappa shape index (κ1) is 21.8. The van der Waals surface area contributed by atoms with Crippen LogP contribution < -0.4 is 9.47 Å². The van der Waals surface area contributed by atoms with Crippen LogP contribution >= 0.6 is 0 Å². The van der Waals surface area contributed by atoms with Gasteiger partial charge in [0.2, 0.25) is 5.88 Å². The van der Waals surface area contributed by atoms with Crippen LogP contribution in [-0.4, -0.2) is 48.5 Å². The van der Waals surface area contributed by atoms with Gasteiger partial charge in [-0.25, -0.2) is 19.5 Å². The predicted octanol–water partition coefficient (Wildman–Crippen LogP) is 3.09. The second kappa shape index (κ2) is 9.00. The molecule has 1 unspecified atom stereocenters. The third-order valence-electron chi connectivity index (χ3n) is 5.78. The molecule has 168 valence electrons. The van der Waals surface area contributed by atoms with Gasteiger partial charge in [-0.1, -0.05) is 29.8 Å². The van der Waals surface area contributed by atoms with Crippen molar-refractivity contribution in [3.05, 3.63) is 59.3 Å². The van der Waals surface area contributed by atoms with Crippen LogP contribution in [0.1, 0.15) is 29.5 Å². The molecule has 2 saturated heterocycles. The van der Waals surface area contributed by atoms with Crippen molar-refractivity contribution < 1.29 is 28.5 Å². The van der Waals surface area contributed by atoms with Crippen molar-refractivity contribution in [3.8, 4) is 11.6 Å². The summed E-state index contributed by atoms with van der Waals surface area (Å²) in [5.41, 5.74) is 2.90. The van der Waals surface area contributed by atoms with Crippen molar-refractivity contribution >= 4 is 18.0 Å². The van der Waals surface area contributed by atoms with Crippen LogP contribution in [0, 0.1) is 12.8 Å². The van der Waals surface area contributed by atoms with Gasteiger partial charge in [-0.05, 0) is 37.5 Å². The number of ether oxygens (including phenoxy) is 4. The van der Waals surface area contributed by atoms with Crippen LogP contribution in [0.2, 0.25) is 0 Å². The smallest absolute Gasteiger partial charge is 0.421 e. The summed E-state index contributed by atoms with van der Waals surface area (Å²) < 4.78 is 21.8. The first-order chi connectivity index (χ1) is 15.4. The zero-order valence-corrected chi connectivity index (χ0v) is 18.4. The largest absolute Gasteiger partial charge is 0.496 e. The van der Waals surface area contributed by atoms with Crippen molar-refractivity contribution in [2.75, 3.05) is 20.8 Å². The van der Waals surface area contributed by atoms with Gasteiger partial charge in [-0.2, -0.15) is 0 Å². The molecule has 8 heteroatoms. The lowest BCUT2D eigenvalue weighted by atomic mass is 9.92. The highest BCUT2D eigenvalue weighted by molar-refractivity contribution is 6.31. The number of aryl methyl sites for hydroxylation is 1. The summed E-state index contributed by atoms with van der Waals surface area (Å²) in [5, 5.41) is 0. The molecule has 0 saturated carbocycles. The van der Waals surface area contributed by atoms with Crippen molar-refractivity contribution in [1.29, 1.82) is 0 Å². The van der Waals surface area contributed by atoms with Gasteiger partial charge in [0.15, 0.2) is 0 Å². The molecule has 3 heterocycles. The summed E-state index contributed by atoms with van der Waals surface area (Å²) in [6, 6.07) is 9.66. The van der Waals surface area contributed by atoms with E-state index in [9.17, 15) is 9.59 Å². The summed E-state index contributed by atoms with van der Waals surface area (Å²) in [7, 11) is 3.19. The number of rotatable bonds is 6. The van der Waals surface area contributed by atoms with E-state index in [0.717, 1.165) is 28.9 Å². The van der Waals surface area contributed by atoms with E-state index in [0.29, 0.717) is 25.4 Å². The molecule has 2 fully saturated rings. The molecule has 1 spiro atoms. The highest BCUT2D eigenvalue weighted by Gasteiger charge is 2.55. The molecule has 2 aliphatic heterocycles. The molecule has 0 N–H and O–H groups in total. The highest BCUT2D eigenvalue weighted by Crippen LogP contribution is 2.40. The van der Waals surface area contributed by atoms with E-state index in [1.165, 1.54) is 0 Å². The van der Waals surface area contributed by atoms with Crippen LogP contribution in [0.5, 0.6) is 11.6 Å². The van der Waals surface area contributed by atoms with E-state index in [1.54, 1.807) is 20.4 Å². The Labute approximate surface area is 186 Å². The number of likely N-dealkylation sites (tertiary alicyclic amines) is 1. The van der Waals surface area contributed by atoms with Crippen molar-refractivity contribution in [2.24, 2.45) is 5.92 Å². The number of pyridine rings is 1. The number of methoxy groups -OCH3 is 2. The number of piperidine rings is 1. The Morgan fingerprint density at radius 1 is 1.19 bits per heavy atom. The minimum Gasteiger partial charge on any atom is -0.496 e. The maximum Gasteiger partial charge on any atom is 0.421 e. The fourth-order valence-electron chi connectivity index (χ4n) is 4.18. The third kappa shape index (κ3) is 4.31. The Bertz CT molecular complexity index is 1030. The second-order valence-electron chi connectivity index (χ2n) is 7.94. The molecule has 0 amide bonds. The number of carbonyl (C=O) groups excluding carboxylic acids is 2. The molecular formula is C24H26N2O6. The molecular weight excluding hydrogens is 412 g/mol. The van der Waals surface area contributed by atoms with Crippen LogP contribution in [0.4, 0.5) is 0 Å².